The molecule has 4 aliphatic rings. The summed E-state index contributed by atoms with van der Waals surface area (Å²) in [5.41, 5.74) is 5.39. The highest BCUT2D eigenvalue weighted by Crippen LogP contribution is 2.71. The molecule has 6 rings (SSSR count). The van der Waals surface area contributed by atoms with Crippen LogP contribution in [-0.2, 0) is 0 Å². The van der Waals surface area contributed by atoms with Crippen molar-refractivity contribution >= 4 is 16.3 Å². The van der Waals surface area contributed by atoms with E-state index in [1.54, 1.807) is 11.1 Å². The highest BCUT2D eigenvalue weighted by atomic mass is 16.3. The van der Waals surface area contributed by atoms with Crippen molar-refractivity contribution in [3.8, 4) is 0 Å². The summed E-state index contributed by atoms with van der Waals surface area (Å²) < 4.78 is 0. The van der Waals surface area contributed by atoms with Crippen molar-refractivity contribution in [2.45, 2.75) is 71.8 Å². The van der Waals surface area contributed by atoms with Gasteiger partial charge in [0.25, 0.3) is 0 Å². The van der Waals surface area contributed by atoms with Crippen LogP contribution in [0.15, 0.2) is 54.4 Å². The second-order valence-electron chi connectivity index (χ2n) is 11.6. The van der Waals surface area contributed by atoms with Gasteiger partial charge in [-0.25, -0.2) is 0 Å². The van der Waals surface area contributed by atoms with Gasteiger partial charge in [-0.2, -0.15) is 0 Å². The molecule has 0 radical (unpaired) electrons. The number of nitrogens with zero attached hydrogens (tertiary/aromatic N) is 1. The fraction of sp³-hybridized carbons (Fsp3) is 0.552. The van der Waals surface area contributed by atoms with Gasteiger partial charge < -0.3 is 5.11 Å². The van der Waals surface area contributed by atoms with Crippen LogP contribution in [0.25, 0.3) is 16.3 Å². The Morgan fingerprint density at radius 1 is 0.935 bits per heavy atom. The van der Waals surface area contributed by atoms with Crippen LogP contribution in [0.1, 0.15) is 71.3 Å². The number of benzene rings is 1. The molecule has 2 aromatic rings. The molecule has 0 aliphatic heterocycles. The van der Waals surface area contributed by atoms with E-state index in [9.17, 15) is 5.11 Å². The van der Waals surface area contributed by atoms with Crippen molar-refractivity contribution in [1.82, 2.24) is 4.98 Å². The predicted molar refractivity (Wildman–Crippen MR) is 127 cm³/mol. The Hall–Kier alpha value is -1.93. The molecular weight excluding hydrogens is 378 g/mol. The number of allylic oxidation sites excluding steroid dienone is 3. The monoisotopic (exact) mass is 413 g/mol. The van der Waals surface area contributed by atoms with E-state index in [-0.39, 0.29) is 16.9 Å². The van der Waals surface area contributed by atoms with Crippen molar-refractivity contribution in [2.75, 3.05) is 0 Å². The number of fused-ring (bicyclic) bond motifs is 6. The molecule has 2 saturated carbocycles. The first-order chi connectivity index (χ1) is 14.8. The van der Waals surface area contributed by atoms with Gasteiger partial charge in [0, 0.05) is 17.8 Å². The number of aliphatic hydroxyl groups is 1. The molecule has 2 nitrogen and oxygen atoms in total. The molecule has 162 valence electrons. The van der Waals surface area contributed by atoms with E-state index in [0.29, 0.717) is 11.3 Å². The molecule has 1 N–H and O–H groups in total. The van der Waals surface area contributed by atoms with E-state index in [2.05, 4.69) is 62.2 Å². The Morgan fingerprint density at radius 2 is 1.77 bits per heavy atom. The lowest BCUT2D eigenvalue weighted by Crippen LogP contribution is -2.55. The summed E-state index contributed by atoms with van der Waals surface area (Å²) in [6.07, 6.45) is 16.9. The summed E-state index contributed by atoms with van der Waals surface area (Å²) >= 11 is 0. The number of aliphatic hydroxyl groups excluding tert-OH is 1. The highest BCUT2D eigenvalue weighted by Gasteiger charge is 2.62. The minimum atomic E-state index is -0.125. The molecule has 0 amide bonds. The van der Waals surface area contributed by atoms with Crippen LogP contribution in [-0.4, -0.2) is 16.2 Å². The maximum Gasteiger partial charge on any atom is 0.0577 e. The predicted octanol–water partition coefficient (Wildman–Crippen LogP) is 6.94. The lowest BCUT2D eigenvalue weighted by molar-refractivity contribution is -0.0876. The number of hydrogen-bond acceptors (Lipinski definition) is 2. The molecule has 2 fully saturated rings. The average molecular weight is 414 g/mol. The van der Waals surface area contributed by atoms with Gasteiger partial charge in [0.05, 0.1) is 6.10 Å². The number of pyridine rings is 1. The largest absolute Gasteiger partial charge is 0.393 e. The van der Waals surface area contributed by atoms with Gasteiger partial charge in [-0.3, -0.25) is 4.98 Å². The molecule has 6 atom stereocenters. The fourth-order valence-corrected chi connectivity index (χ4v) is 8.54. The number of rotatable bonds is 1. The highest BCUT2D eigenvalue weighted by molar-refractivity contribution is 5.86. The van der Waals surface area contributed by atoms with Gasteiger partial charge in [-0.1, -0.05) is 50.6 Å². The zero-order valence-electron chi connectivity index (χ0n) is 19.2. The van der Waals surface area contributed by atoms with Crippen molar-refractivity contribution in [3.63, 3.8) is 0 Å². The van der Waals surface area contributed by atoms with Crippen molar-refractivity contribution < 1.29 is 5.11 Å². The Balaban J connectivity index is 1.38. The molecule has 31 heavy (non-hydrogen) atoms. The Bertz CT molecular complexity index is 1110. The van der Waals surface area contributed by atoms with E-state index in [1.165, 1.54) is 42.0 Å². The summed E-state index contributed by atoms with van der Waals surface area (Å²) in [5.74, 6) is 1.43. The molecule has 0 saturated heterocycles. The first-order valence-electron chi connectivity index (χ1n) is 12.3. The summed E-state index contributed by atoms with van der Waals surface area (Å²) in [7, 11) is 0. The third kappa shape index (κ3) is 2.64. The third-order valence-electron chi connectivity index (χ3n) is 10.2. The van der Waals surface area contributed by atoms with Gasteiger partial charge in [0.2, 0.25) is 0 Å². The third-order valence-corrected chi connectivity index (χ3v) is 10.2. The standard InChI is InChI=1S/C29H35NO/c1-27-13-9-23(31)17-22(27)8-12-29(3)25-7-6-24(28(25,2)14-10-26(27)29)20-5-4-19-11-15-30-18-21(19)16-20/h4-6,8,11,15-16,18,23,25-26,31H,7,9-10,12-14,17H2,1-3H3/t23-,25+,26+,27-,28+,29-/m0/s1. The summed E-state index contributed by atoms with van der Waals surface area (Å²) in [6.45, 7) is 7.68. The first kappa shape index (κ1) is 19.7. The van der Waals surface area contributed by atoms with Gasteiger partial charge in [-0.05, 0) is 102 Å². The van der Waals surface area contributed by atoms with E-state index in [1.807, 2.05) is 12.4 Å². The van der Waals surface area contributed by atoms with Gasteiger partial charge in [0.15, 0.2) is 0 Å². The van der Waals surface area contributed by atoms with Gasteiger partial charge in [0.1, 0.15) is 0 Å². The molecule has 1 aromatic heterocycles. The smallest absolute Gasteiger partial charge is 0.0577 e. The molecule has 4 aliphatic carbocycles. The Labute approximate surface area is 186 Å². The molecule has 0 spiro atoms. The molecule has 1 heterocycles. The fourth-order valence-electron chi connectivity index (χ4n) is 8.54. The maximum atomic E-state index is 10.3. The lowest BCUT2D eigenvalue weighted by atomic mass is 9.41. The normalized spacial score (nSPS) is 41.7. The first-order valence-corrected chi connectivity index (χ1v) is 12.3. The van der Waals surface area contributed by atoms with Crippen molar-refractivity contribution in [1.29, 1.82) is 0 Å². The van der Waals surface area contributed by atoms with E-state index < -0.39 is 0 Å². The SMILES string of the molecule is C[C@@]12CC=C3C[C@@H](O)CC[C@]3(C)[C@H]1CC[C@]1(C)C(c3ccc4ccncc4c3)=CC[C@@H]21. The summed E-state index contributed by atoms with van der Waals surface area (Å²) in [6, 6.07) is 9.06. The van der Waals surface area contributed by atoms with Gasteiger partial charge >= 0.3 is 0 Å². The van der Waals surface area contributed by atoms with Crippen molar-refractivity contribution in [2.24, 2.45) is 28.1 Å². The maximum absolute atomic E-state index is 10.3. The molecular formula is C29H35NO. The van der Waals surface area contributed by atoms with Crippen molar-refractivity contribution in [3.05, 3.63) is 59.9 Å². The summed E-state index contributed by atoms with van der Waals surface area (Å²) in [4.78, 5) is 4.35. The number of hydrogen-bond donors (Lipinski definition) is 1. The number of aromatic nitrogens is 1. The minimum Gasteiger partial charge on any atom is -0.393 e. The zero-order valence-corrected chi connectivity index (χ0v) is 19.2. The van der Waals surface area contributed by atoms with Crippen LogP contribution >= 0.6 is 0 Å². The van der Waals surface area contributed by atoms with Crippen LogP contribution in [0.3, 0.4) is 0 Å². The van der Waals surface area contributed by atoms with E-state index in [4.69, 9.17) is 0 Å². The van der Waals surface area contributed by atoms with Crippen LogP contribution in [0, 0.1) is 28.1 Å². The van der Waals surface area contributed by atoms with Crippen LogP contribution in [0.5, 0.6) is 0 Å². The van der Waals surface area contributed by atoms with Crippen LogP contribution in [0.2, 0.25) is 0 Å². The Morgan fingerprint density at radius 3 is 2.65 bits per heavy atom. The zero-order chi connectivity index (χ0) is 21.4. The van der Waals surface area contributed by atoms with Crippen LogP contribution in [0.4, 0.5) is 0 Å². The van der Waals surface area contributed by atoms with E-state index >= 15 is 0 Å². The second-order valence-corrected chi connectivity index (χ2v) is 11.6. The second kappa shape index (κ2) is 6.54. The molecule has 2 heteroatoms. The average Bonchev–Trinajstić information content (AvgIpc) is 3.12. The summed E-state index contributed by atoms with van der Waals surface area (Å²) in [5, 5.41) is 12.8. The van der Waals surface area contributed by atoms with Gasteiger partial charge in [-0.15, -0.1) is 0 Å². The minimum absolute atomic E-state index is 0.125. The quantitative estimate of drug-likeness (QED) is 0.514. The molecule has 0 bridgehead atoms. The molecule has 1 aromatic carbocycles. The Kier molecular flexibility index (Phi) is 4.16. The van der Waals surface area contributed by atoms with E-state index in [0.717, 1.165) is 25.2 Å². The molecule has 0 unspecified atom stereocenters. The topological polar surface area (TPSA) is 33.1 Å². The van der Waals surface area contributed by atoms with Crippen LogP contribution < -0.4 is 0 Å². The lowest BCUT2D eigenvalue weighted by Gasteiger charge is -2.63.